The van der Waals surface area contributed by atoms with Gasteiger partial charge in [-0.3, -0.25) is 33.6 Å². The summed E-state index contributed by atoms with van der Waals surface area (Å²) < 4.78 is 41.5. The minimum atomic E-state index is -4.77. The lowest BCUT2D eigenvalue weighted by Crippen LogP contribution is -2.60. The number of alkyl halides is 3. The molecule has 0 aromatic heterocycles. The van der Waals surface area contributed by atoms with Crippen molar-refractivity contribution in [1.82, 2.24) is 36.0 Å². The van der Waals surface area contributed by atoms with Gasteiger partial charge in [0.25, 0.3) is 0 Å². The van der Waals surface area contributed by atoms with Crippen molar-refractivity contribution in [2.45, 2.75) is 134 Å². The first kappa shape index (κ1) is 48.0. The summed E-state index contributed by atoms with van der Waals surface area (Å²) in [5, 5.41) is 10.9. The van der Waals surface area contributed by atoms with Gasteiger partial charge in [0, 0.05) is 42.2 Å². The summed E-state index contributed by atoms with van der Waals surface area (Å²) in [6.45, 7) is 7.18. The van der Waals surface area contributed by atoms with Crippen molar-refractivity contribution >= 4 is 75.5 Å². The van der Waals surface area contributed by atoms with Gasteiger partial charge in [0.15, 0.2) is 0 Å². The number of fused-ring (bicyclic) bond motifs is 1. The molecule has 0 radical (unpaired) electrons. The van der Waals surface area contributed by atoms with Crippen molar-refractivity contribution in [2.75, 3.05) is 27.2 Å². The van der Waals surface area contributed by atoms with Crippen LogP contribution in [0, 0.1) is 14.9 Å². The minimum Gasteiger partial charge on any atom is -0.354 e. The quantitative estimate of drug-likeness (QED) is 0.245. The fraction of sp³-hybridized carbons (Fsp3) is 0.675. The zero-order valence-electron chi connectivity index (χ0n) is 34.3. The Kier molecular flexibility index (Phi) is 16.5. The zero-order valence-corrected chi connectivity index (χ0v) is 37.3. The lowest BCUT2D eigenvalue weighted by molar-refractivity contribution is -0.192. The van der Waals surface area contributed by atoms with E-state index in [4.69, 9.17) is 11.6 Å². The number of halogens is 5. The van der Waals surface area contributed by atoms with Gasteiger partial charge in [-0.15, -0.1) is 0 Å². The number of hydrogen-bond acceptors (Lipinski definition) is 7. The number of hydrogen-bond donors (Lipinski definition) is 4. The van der Waals surface area contributed by atoms with Gasteiger partial charge in [0.05, 0.1) is 0 Å². The molecule has 2 aliphatic heterocycles. The molecule has 0 spiro atoms. The number of benzene rings is 1. The number of likely N-dealkylation sites (N-methyl/N-ethyl adjacent to an activating group) is 2. The van der Waals surface area contributed by atoms with Crippen molar-refractivity contribution in [1.29, 1.82) is 0 Å². The number of nitrogens with one attached hydrogen (secondary N) is 4. The topological polar surface area (TPSA) is 177 Å². The van der Waals surface area contributed by atoms with Crippen LogP contribution in [-0.2, 0) is 40.0 Å². The molecule has 3 aliphatic rings. The summed E-state index contributed by atoms with van der Waals surface area (Å²) in [4.78, 5) is 100. The van der Waals surface area contributed by atoms with Crippen LogP contribution in [0.1, 0.15) is 91.0 Å². The van der Waals surface area contributed by atoms with Crippen LogP contribution < -0.4 is 21.3 Å². The van der Waals surface area contributed by atoms with Crippen LogP contribution in [0.15, 0.2) is 18.2 Å². The molecule has 6 atom stereocenters. The largest absolute Gasteiger partial charge is 0.403 e. The molecule has 1 aromatic carbocycles. The maximum atomic E-state index is 14.5. The maximum Gasteiger partial charge on any atom is 0.403 e. The molecule has 7 amide bonds. The standard InChI is InChI=1S/C40H56ClF3IN7O7/c1-7-27(49-38(59)39(15-16-39)40(42,43)44)32(53)47-23(4)35(56)50(5)29-11-8-9-17-46-33(54)30-12-10-18-52(30)37(58)31(21-24-20-25(41)13-14-26(24)45)51(6)36(57)28(19-22(2)3)48-34(29)55/h13-14,20,22-23,27-31H,7-12,15-19,21H2,1-6H3,(H,46,54)(H,47,53)(H,48,55)(H,49,59)/t23-,27-,28-,29-,30-,31-/m0/s1. The minimum absolute atomic E-state index is 0.0485. The Morgan fingerprint density at radius 3 is 2.31 bits per heavy atom. The Balaban J connectivity index is 1.60. The first-order valence-corrected chi connectivity index (χ1v) is 21.6. The Labute approximate surface area is 361 Å². The third kappa shape index (κ3) is 11.6. The molecule has 14 nitrogen and oxygen atoms in total. The van der Waals surface area contributed by atoms with E-state index in [1.165, 1.54) is 37.7 Å². The van der Waals surface area contributed by atoms with Crippen LogP contribution in [-0.4, -0.2) is 126 Å². The van der Waals surface area contributed by atoms with E-state index in [1.54, 1.807) is 18.2 Å². The molecule has 1 aliphatic carbocycles. The van der Waals surface area contributed by atoms with Crippen molar-refractivity contribution in [3.63, 3.8) is 0 Å². The number of amides is 7. The normalized spacial score (nSPS) is 24.1. The average molecular weight is 966 g/mol. The van der Waals surface area contributed by atoms with Crippen molar-refractivity contribution in [3.05, 3.63) is 32.4 Å². The van der Waals surface area contributed by atoms with Gasteiger partial charge in [-0.1, -0.05) is 32.4 Å². The fourth-order valence-electron chi connectivity index (χ4n) is 7.69. The summed E-state index contributed by atoms with van der Waals surface area (Å²) in [5.41, 5.74) is -1.81. The molecule has 2 saturated heterocycles. The Bertz CT molecular complexity index is 1760. The summed E-state index contributed by atoms with van der Waals surface area (Å²) in [5.74, 6) is -4.91. The molecule has 328 valence electrons. The lowest BCUT2D eigenvalue weighted by atomic mass is 9.98. The summed E-state index contributed by atoms with van der Waals surface area (Å²) in [6.07, 6.45) is -3.37. The van der Waals surface area contributed by atoms with Crippen LogP contribution in [0.3, 0.4) is 0 Å². The Morgan fingerprint density at radius 1 is 1.02 bits per heavy atom. The second-order valence-electron chi connectivity index (χ2n) is 16.3. The maximum absolute atomic E-state index is 14.5. The predicted molar refractivity (Wildman–Crippen MR) is 222 cm³/mol. The molecule has 0 bridgehead atoms. The highest BCUT2D eigenvalue weighted by Gasteiger charge is 2.68. The molecule has 4 rings (SSSR count). The number of rotatable bonds is 11. The Hall–Kier alpha value is -3.68. The third-order valence-electron chi connectivity index (χ3n) is 11.5. The van der Waals surface area contributed by atoms with Crippen molar-refractivity contribution in [2.24, 2.45) is 11.3 Å². The highest BCUT2D eigenvalue weighted by molar-refractivity contribution is 14.1. The number of carbonyl (C=O) groups is 7. The number of nitrogens with zero attached hydrogens (tertiary/aromatic N) is 3. The van der Waals surface area contributed by atoms with Gasteiger partial charge < -0.3 is 36.0 Å². The summed E-state index contributed by atoms with van der Waals surface area (Å²) in [6, 6.07) is -1.43. The van der Waals surface area contributed by atoms with E-state index < -0.39 is 83.3 Å². The highest BCUT2D eigenvalue weighted by atomic mass is 127. The Morgan fingerprint density at radius 2 is 1.69 bits per heavy atom. The number of carbonyl (C=O) groups excluding carboxylic acids is 7. The molecular formula is C40H56ClF3IN7O7. The van der Waals surface area contributed by atoms with Gasteiger partial charge >= 0.3 is 6.18 Å². The molecule has 2 heterocycles. The van der Waals surface area contributed by atoms with E-state index in [9.17, 15) is 46.7 Å². The zero-order chi connectivity index (χ0) is 44.0. The SMILES string of the molecule is CC[C@H](NC(=O)C1(C(F)(F)F)CC1)C(=O)N[C@@H](C)C(=O)N(C)[C@H]1CCCCNC(=O)[C@@H]2CCCN2C(=O)[C@H](Cc2cc(Cl)ccc2I)N(C)C(=O)[C@H](CC(C)C)NC1=O. The van der Waals surface area contributed by atoms with Crippen LogP contribution in [0.5, 0.6) is 0 Å². The van der Waals surface area contributed by atoms with Crippen LogP contribution in [0.2, 0.25) is 5.02 Å². The first-order valence-electron chi connectivity index (χ1n) is 20.2. The second-order valence-corrected chi connectivity index (χ2v) is 17.9. The summed E-state index contributed by atoms with van der Waals surface area (Å²) >= 11 is 8.48. The van der Waals surface area contributed by atoms with Crippen LogP contribution in [0.4, 0.5) is 13.2 Å². The summed E-state index contributed by atoms with van der Waals surface area (Å²) in [7, 11) is 2.86. The average Bonchev–Trinajstić information content (AvgIpc) is 3.87. The second kappa shape index (κ2) is 20.3. The third-order valence-corrected chi connectivity index (χ3v) is 12.8. The molecule has 3 fully saturated rings. The van der Waals surface area contributed by atoms with E-state index in [-0.39, 0.29) is 56.9 Å². The molecule has 1 saturated carbocycles. The van der Waals surface area contributed by atoms with Crippen molar-refractivity contribution in [3.8, 4) is 0 Å². The fourth-order valence-corrected chi connectivity index (χ4v) is 8.44. The first-order chi connectivity index (χ1) is 27.6. The highest BCUT2D eigenvalue weighted by Crippen LogP contribution is 2.57. The van der Waals surface area contributed by atoms with Gasteiger partial charge in [-0.05, 0) is 117 Å². The smallest absolute Gasteiger partial charge is 0.354 e. The molecule has 0 unspecified atom stereocenters. The molecule has 1 aromatic rings. The van der Waals surface area contributed by atoms with E-state index in [0.717, 1.165) is 14.0 Å². The van der Waals surface area contributed by atoms with Gasteiger partial charge in [0.2, 0.25) is 41.4 Å². The van der Waals surface area contributed by atoms with E-state index >= 15 is 0 Å². The molecular weight excluding hydrogens is 910 g/mol. The van der Waals surface area contributed by atoms with Gasteiger partial charge in [-0.2, -0.15) is 13.2 Å². The van der Waals surface area contributed by atoms with Crippen LogP contribution in [0.25, 0.3) is 0 Å². The lowest BCUT2D eigenvalue weighted by Gasteiger charge is -2.36. The van der Waals surface area contributed by atoms with Gasteiger partial charge in [-0.25, -0.2) is 0 Å². The van der Waals surface area contributed by atoms with E-state index in [0.29, 0.717) is 37.3 Å². The predicted octanol–water partition coefficient (Wildman–Crippen LogP) is 3.71. The monoisotopic (exact) mass is 965 g/mol. The van der Waals surface area contributed by atoms with E-state index in [1.807, 2.05) is 13.8 Å². The van der Waals surface area contributed by atoms with Gasteiger partial charge in [0.1, 0.15) is 41.7 Å². The molecule has 19 heteroatoms. The molecule has 4 N–H and O–H groups in total. The van der Waals surface area contributed by atoms with E-state index in [2.05, 4.69) is 43.9 Å². The van der Waals surface area contributed by atoms with Crippen LogP contribution >= 0.6 is 34.2 Å². The molecule has 59 heavy (non-hydrogen) atoms. The van der Waals surface area contributed by atoms with Crippen molar-refractivity contribution < 1.29 is 46.7 Å².